The maximum Gasteiger partial charge on any atom is 0.410 e. The molecule has 1 aliphatic rings. The van der Waals surface area contributed by atoms with Crippen molar-refractivity contribution >= 4 is 6.09 Å². The number of carbonyl (C=O) groups is 1. The molecular weight excluding hydrogens is 322 g/mol. The third kappa shape index (κ3) is 4.60. The van der Waals surface area contributed by atoms with Crippen LogP contribution >= 0.6 is 0 Å². The van der Waals surface area contributed by atoms with Gasteiger partial charge in [-0.2, -0.15) is 5.10 Å². The Labute approximate surface area is 147 Å². The van der Waals surface area contributed by atoms with Crippen molar-refractivity contribution in [3.63, 3.8) is 0 Å². The molecule has 3 rings (SSSR count). The topological polar surface area (TPSA) is 76.6 Å². The van der Waals surface area contributed by atoms with Crippen molar-refractivity contribution < 1.29 is 14.1 Å². The van der Waals surface area contributed by atoms with Crippen LogP contribution in [0.5, 0.6) is 0 Å². The van der Waals surface area contributed by atoms with Crippen molar-refractivity contribution in [1.82, 2.24) is 24.7 Å². The van der Waals surface area contributed by atoms with E-state index in [4.69, 9.17) is 9.26 Å². The predicted octanol–water partition coefficient (Wildman–Crippen LogP) is 2.26. The summed E-state index contributed by atoms with van der Waals surface area (Å²) in [4.78, 5) is 16.0. The van der Waals surface area contributed by atoms with Gasteiger partial charge >= 0.3 is 6.09 Å². The van der Waals surface area contributed by atoms with E-state index in [1.54, 1.807) is 11.1 Å². The highest BCUT2D eigenvalue weighted by Crippen LogP contribution is 2.16. The molecule has 0 N–H and O–H groups in total. The minimum absolute atomic E-state index is 0.232. The largest absolute Gasteiger partial charge is 0.449 e. The Morgan fingerprint density at radius 1 is 1.40 bits per heavy atom. The summed E-state index contributed by atoms with van der Waals surface area (Å²) in [5.41, 5.74) is 2.03. The number of nitrogens with zero attached hydrogens (tertiary/aromatic N) is 5. The van der Waals surface area contributed by atoms with Crippen LogP contribution in [0.15, 0.2) is 22.9 Å². The van der Waals surface area contributed by atoms with Crippen molar-refractivity contribution in [3.05, 3.63) is 35.5 Å². The molecule has 1 amide bonds. The first-order chi connectivity index (χ1) is 12.2. The summed E-state index contributed by atoms with van der Waals surface area (Å²) in [5.74, 6) is 0.826. The molecule has 0 aliphatic carbocycles. The molecule has 136 valence electrons. The SMILES string of the molecule is CCCCOC(=O)N1CCn2nc(CN(C)Cc3ccno3)cc2C1. The van der Waals surface area contributed by atoms with E-state index in [0.29, 0.717) is 39.3 Å². The maximum absolute atomic E-state index is 12.1. The molecule has 1 aliphatic heterocycles. The summed E-state index contributed by atoms with van der Waals surface area (Å²) < 4.78 is 12.4. The van der Waals surface area contributed by atoms with Gasteiger partial charge in [0.05, 0.1) is 43.8 Å². The zero-order chi connectivity index (χ0) is 17.6. The second-order valence-electron chi connectivity index (χ2n) is 6.39. The fourth-order valence-corrected chi connectivity index (χ4v) is 2.88. The summed E-state index contributed by atoms with van der Waals surface area (Å²) in [5, 5.41) is 8.36. The summed E-state index contributed by atoms with van der Waals surface area (Å²) in [6.07, 6.45) is 3.33. The zero-order valence-electron chi connectivity index (χ0n) is 14.8. The zero-order valence-corrected chi connectivity index (χ0v) is 14.8. The quantitative estimate of drug-likeness (QED) is 0.715. The van der Waals surface area contributed by atoms with E-state index in [1.165, 1.54) is 0 Å². The first-order valence-electron chi connectivity index (χ1n) is 8.71. The Morgan fingerprint density at radius 2 is 2.28 bits per heavy atom. The van der Waals surface area contributed by atoms with Gasteiger partial charge < -0.3 is 14.2 Å². The van der Waals surface area contributed by atoms with Gasteiger partial charge in [0.25, 0.3) is 0 Å². The van der Waals surface area contributed by atoms with Crippen molar-refractivity contribution in [2.75, 3.05) is 20.2 Å². The lowest BCUT2D eigenvalue weighted by Gasteiger charge is -2.26. The van der Waals surface area contributed by atoms with Crippen molar-refractivity contribution in [2.45, 2.75) is 45.9 Å². The van der Waals surface area contributed by atoms with Crippen LogP contribution in [-0.2, 0) is 30.9 Å². The molecule has 0 saturated carbocycles. The molecular formula is C17H25N5O3. The maximum atomic E-state index is 12.1. The van der Waals surface area contributed by atoms with E-state index in [9.17, 15) is 4.79 Å². The molecule has 0 spiro atoms. The van der Waals surface area contributed by atoms with Gasteiger partial charge in [-0.25, -0.2) is 4.79 Å². The third-order valence-corrected chi connectivity index (χ3v) is 4.18. The van der Waals surface area contributed by atoms with Gasteiger partial charge in [-0.15, -0.1) is 0 Å². The number of hydrogen-bond donors (Lipinski definition) is 0. The Bertz CT molecular complexity index is 683. The number of fused-ring (bicyclic) bond motifs is 1. The molecule has 0 saturated heterocycles. The minimum Gasteiger partial charge on any atom is -0.449 e. The standard InChI is InChI=1S/C17H25N5O3/c1-3-4-9-24-17(23)21-7-8-22-15(12-21)10-14(19-22)11-20(2)13-16-5-6-18-25-16/h5-6,10H,3-4,7-9,11-13H2,1-2H3. The van der Waals surface area contributed by atoms with Crippen molar-refractivity contribution in [1.29, 1.82) is 0 Å². The van der Waals surface area contributed by atoms with E-state index in [2.05, 4.69) is 28.1 Å². The molecule has 0 aromatic carbocycles. The highest BCUT2D eigenvalue weighted by atomic mass is 16.6. The summed E-state index contributed by atoms with van der Waals surface area (Å²) in [7, 11) is 2.01. The van der Waals surface area contributed by atoms with Crippen LogP contribution in [0.3, 0.4) is 0 Å². The average molecular weight is 347 g/mol. The third-order valence-electron chi connectivity index (χ3n) is 4.18. The highest BCUT2D eigenvalue weighted by Gasteiger charge is 2.23. The number of amides is 1. The molecule has 0 atom stereocenters. The van der Waals surface area contributed by atoms with Crippen LogP contribution in [0.4, 0.5) is 4.79 Å². The lowest BCUT2D eigenvalue weighted by Crippen LogP contribution is -2.38. The molecule has 25 heavy (non-hydrogen) atoms. The lowest BCUT2D eigenvalue weighted by atomic mass is 10.3. The van der Waals surface area contributed by atoms with E-state index < -0.39 is 0 Å². The number of aromatic nitrogens is 3. The van der Waals surface area contributed by atoms with Crippen molar-refractivity contribution in [3.8, 4) is 0 Å². The summed E-state index contributed by atoms with van der Waals surface area (Å²) in [6, 6.07) is 3.92. The van der Waals surface area contributed by atoms with Gasteiger partial charge in [-0.1, -0.05) is 18.5 Å². The van der Waals surface area contributed by atoms with Gasteiger partial charge in [-0.3, -0.25) is 9.58 Å². The molecule has 2 aromatic rings. The van der Waals surface area contributed by atoms with Crippen LogP contribution < -0.4 is 0 Å². The number of hydrogen-bond acceptors (Lipinski definition) is 6. The first-order valence-corrected chi connectivity index (χ1v) is 8.71. The van der Waals surface area contributed by atoms with E-state index in [-0.39, 0.29) is 6.09 Å². The average Bonchev–Trinajstić information content (AvgIpc) is 3.23. The fraction of sp³-hybridized carbons (Fsp3) is 0.588. The number of ether oxygens (including phenoxy) is 1. The molecule has 0 bridgehead atoms. The Kier molecular flexibility index (Phi) is 5.70. The lowest BCUT2D eigenvalue weighted by molar-refractivity contribution is 0.0904. The second-order valence-corrected chi connectivity index (χ2v) is 6.39. The van der Waals surface area contributed by atoms with Gasteiger partial charge in [0.15, 0.2) is 5.76 Å². The van der Waals surface area contributed by atoms with Gasteiger partial charge in [0.2, 0.25) is 0 Å². The highest BCUT2D eigenvalue weighted by molar-refractivity contribution is 5.67. The smallest absolute Gasteiger partial charge is 0.410 e. The molecule has 8 nitrogen and oxygen atoms in total. The fourth-order valence-electron chi connectivity index (χ4n) is 2.88. The predicted molar refractivity (Wildman–Crippen MR) is 90.6 cm³/mol. The summed E-state index contributed by atoms with van der Waals surface area (Å²) in [6.45, 7) is 5.83. The minimum atomic E-state index is -0.232. The molecule has 0 unspecified atom stereocenters. The second kappa shape index (κ2) is 8.15. The monoisotopic (exact) mass is 347 g/mol. The molecule has 0 fully saturated rings. The molecule has 3 heterocycles. The molecule has 2 aromatic heterocycles. The number of unbranched alkanes of at least 4 members (excludes halogenated alkanes) is 1. The van der Waals surface area contributed by atoms with Gasteiger partial charge in [-0.05, 0) is 19.5 Å². The summed E-state index contributed by atoms with van der Waals surface area (Å²) >= 11 is 0. The van der Waals surface area contributed by atoms with Gasteiger partial charge in [0, 0.05) is 19.2 Å². The first kappa shape index (κ1) is 17.5. The van der Waals surface area contributed by atoms with Crippen LogP contribution in [0.25, 0.3) is 0 Å². The Morgan fingerprint density at radius 3 is 3.04 bits per heavy atom. The Hall–Kier alpha value is -2.35. The van der Waals surface area contributed by atoms with Crippen LogP contribution in [0.1, 0.15) is 36.9 Å². The Balaban J connectivity index is 1.54. The van der Waals surface area contributed by atoms with Crippen LogP contribution in [0, 0.1) is 0 Å². The van der Waals surface area contributed by atoms with Crippen LogP contribution in [-0.4, -0.2) is 51.0 Å². The normalized spacial score (nSPS) is 14.0. The van der Waals surface area contributed by atoms with E-state index >= 15 is 0 Å². The molecule has 8 heteroatoms. The van der Waals surface area contributed by atoms with Gasteiger partial charge in [0.1, 0.15) is 0 Å². The van der Waals surface area contributed by atoms with E-state index in [0.717, 1.165) is 30.0 Å². The molecule has 0 radical (unpaired) electrons. The van der Waals surface area contributed by atoms with Crippen molar-refractivity contribution in [2.24, 2.45) is 0 Å². The van der Waals surface area contributed by atoms with E-state index in [1.807, 2.05) is 17.8 Å². The van der Waals surface area contributed by atoms with Crippen LogP contribution in [0.2, 0.25) is 0 Å². The number of carbonyl (C=O) groups excluding carboxylic acids is 1. The number of rotatable bonds is 7.